The van der Waals surface area contributed by atoms with Crippen LogP contribution in [0.15, 0.2) is 6.07 Å². The summed E-state index contributed by atoms with van der Waals surface area (Å²) in [5, 5.41) is 0. The van der Waals surface area contributed by atoms with Gasteiger partial charge in [0.25, 0.3) is 0 Å². The standard InChI is InChI=1S/C14H22N4O3S/c1-11-15-12(13-4-6-18(13)22(2,19)20)10-14(16-11)17-5-3-8-21-9-7-17/h10,13H,3-9H2,1-2H3. The lowest BCUT2D eigenvalue weighted by Crippen LogP contribution is -2.45. The molecule has 0 N–H and O–H groups in total. The summed E-state index contributed by atoms with van der Waals surface area (Å²) in [4.78, 5) is 11.2. The summed E-state index contributed by atoms with van der Waals surface area (Å²) in [6.07, 6.45) is 3.03. The van der Waals surface area contributed by atoms with Crippen molar-refractivity contribution in [3.05, 3.63) is 17.6 Å². The summed E-state index contributed by atoms with van der Waals surface area (Å²) < 4.78 is 30.5. The van der Waals surface area contributed by atoms with Gasteiger partial charge in [-0.2, -0.15) is 4.31 Å². The van der Waals surface area contributed by atoms with Crippen LogP contribution < -0.4 is 4.90 Å². The van der Waals surface area contributed by atoms with Crippen molar-refractivity contribution in [2.45, 2.75) is 25.8 Å². The first-order valence-corrected chi connectivity index (χ1v) is 9.45. The number of aryl methyl sites for hydroxylation is 1. The Hall–Kier alpha value is -1.25. The van der Waals surface area contributed by atoms with Gasteiger partial charge in [0.2, 0.25) is 10.0 Å². The normalized spacial score (nSPS) is 23.9. The van der Waals surface area contributed by atoms with Gasteiger partial charge in [0.15, 0.2) is 0 Å². The predicted molar refractivity (Wildman–Crippen MR) is 83.3 cm³/mol. The summed E-state index contributed by atoms with van der Waals surface area (Å²) >= 11 is 0. The van der Waals surface area contributed by atoms with Crippen LogP contribution in [0.5, 0.6) is 0 Å². The molecule has 0 aliphatic carbocycles. The molecule has 0 saturated carbocycles. The lowest BCUT2D eigenvalue weighted by Gasteiger charge is -2.38. The van der Waals surface area contributed by atoms with E-state index < -0.39 is 10.0 Å². The van der Waals surface area contributed by atoms with Gasteiger partial charge in [-0.25, -0.2) is 18.4 Å². The van der Waals surface area contributed by atoms with Crippen molar-refractivity contribution in [1.82, 2.24) is 14.3 Å². The van der Waals surface area contributed by atoms with E-state index in [9.17, 15) is 8.42 Å². The van der Waals surface area contributed by atoms with Crippen LogP contribution in [0.2, 0.25) is 0 Å². The number of hydrogen-bond acceptors (Lipinski definition) is 6. The van der Waals surface area contributed by atoms with Crippen LogP contribution in [-0.2, 0) is 14.8 Å². The zero-order valence-corrected chi connectivity index (χ0v) is 13.8. The van der Waals surface area contributed by atoms with Gasteiger partial charge in [-0.05, 0) is 19.8 Å². The molecule has 2 fully saturated rings. The Morgan fingerprint density at radius 3 is 2.73 bits per heavy atom. The van der Waals surface area contributed by atoms with Crippen LogP contribution in [0.25, 0.3) is 0 Å². The largest absolute Gasteiger partial charge is 0.380 e. The second-order valence-corrected chi connectivity index (χ2v) is 7.76. The van der Waals surface area contributed by atoms with Crippen molar-refractivity contribution in [3.63, 3.8) is 0 Å². The lowest BCUT2D eigenvalue weighted by atomic mass is 10.0. The van der Waals surface area contributed by atoms with Gasteiger partial charge < -0.3 is 9.64 Å². The summed E-state index contributed by atoms with van der Waals surface area (Å²) in [5.74, 6) is 1.55. The Bertz CT molecular complexity index is 641. The highest BCUT2D eigenvalue weighted by molar-refractivity contribution is 7.88. The molecule has 1 aromatic rings. The molecule has 122 valence electrons. The van der Waals surface area contributed by atoms with Crippen molar-refractivity contribution in [1.29, 1.82) is 0 Å². The summed E-state index contributed by atoms with van der Waals surface area (Å²) in [5.41, 5.74) is 0.796. The van der Waals surface area contributed by atoms with Crippen LogP contribution in [0.1, 0.15) is 30.4 Å². The number of nitrogens with zero attached hydrogens (tertiary/aromatic N) is 4. The van der Waals surface area contributed by atoms with E-state index in [0.717, 1.165) is 44.0 Å². The zero-order valence-electron chi connectivity index (χ0n) is 13.0. The summed E-state index contributed by atoms with van der Waals surface area (Å²) in [6.45, 7) is 5.59. The van der Waals surface area contributed by atoms with E-state index in [1.54, 1.807) is 0 Å². The highest BCUT2D eigenvalue weighted by atomic mass is 32.2. The Morgan fingerprint density at radius 2 is 2.05 bits per heavy atom. The molecule has 0 spiro atoms. The van der Waals surface area contributed by atoms with Gasteiger partial charge in [0.1, 0.15) is 11.6 Å². The maximum atomic E-state index is 11.8. The quantitative estimate of drug-likeness (QED) is 0.815. The molecule has 3 heterocycles. The van der Waals surface area contributed by atoms with Gasteiger partial charge in [-0.1, -0.05) is 0 Å². The number of aromatic nitrogens is 2. The fraction of sp³-hybridized carbons (Fsp3) is 0.714. The van der Waals surface area contributed by atoms with Crippen molar-refractivity contribution in [2.75, 3.05) is 44.0 Å². The Labute approximate surface area is 131 Å². The van der Waals surface area contributed by atoms with Crippen LogP contribution in [0, 0.1) is 6.92 Å². The minimum Gasteiger partial charge on any atom is -0.380 e. The van der Waals surface area contributed by atoms with E-state index in [-0.39, 0.29) is 6.04 Å². The number of hydrogen-bond donors (Lipinski definition) is 0. The molecular weight excluding hydrogens is 304 g/mol. The third kappa shape index (κ3) is 3.23. The highest BCUT2D eigenvalue weighted by Gasteiger charge is 2.37. The molecule has 22 heavy (non-hydrogen) atoms. The Kier molecular flexibility index (Phi) is 4.33. The molecule has 8 heteroatoms. The number of anilines is 1. The van der Waals surface area contributed by atoms with E-state index in [4.69, 9.17) is 4.74 Å². The topological polar surface area (TPSA) is 75.6 Å². The summed E-state index contributed by atoms with van der Waals surface area (Å²) in [7, 11) is -3.18. The van der Waals surface area contributed by atoms with Crippen LogP contribution >= 0.6 is 0 Å². The van der Waals surface area contributed by atoms with E-state index >= 15 is 0 Å². The molecule has 1 atom stereocenters. The number of ether oxygens (including phenoxy) is 1. The fourth-order valence-electron chi connectivity index (χ4n) is 2.94. The van der Waals surface area contributed by atoms with Gasteiger partial charge in [-0.3, -0.25) is 0 Å². The van der Waals surface area contributed by atoms with Crippen LogP contribution in [0.4, 0.5) is 5.82 Å². The minimum atomic E-state index is -3.18. The molecule has 7 nitrogen and oxygen atoms in total. The summed E-state index contributed by atoms with van der Waals surface area (Å²) in [6, 6.07) is 1.78. The van der Waals surface area contributed by atoms with Crippen molar-refractivity contribution in [3.8, 4) is 0 Å². The average Bonchev–Trinajstić information content (AvgIpc) is 2.63. The van der Waals surface area contributed by atoms with E-state index in [0.29, 0.717) is 19.0 Å². The molecule has 2 saturated heterocycles. The second kappa shape index (κ2) is 6.10. The molecule has 0 bridgehead atoms. The van der Waals surface area contributed by atoms with Crippen molar-refractivity contribution >= 4 is 15.8 Å². The van der Waals surface area contributed by atoms with E-state index in [2.05, 4.69) is 14.9 Å². The lowest BCUT2D eigenvalue weighted by molar-refractivity contribution is 0.152. The van der Waals surface area contributed by atoms with Crippen molar-refractivity contribution < 1.29 is 13.2 Å². The van der Waals surface area contributed by atoms with Crippen LogP contribution in [0.3, 0.4) is 0 Å². The number of rotatable bonds is 3. The zero-order chi connectivity index (χ0) is 15.7. The first-order valence-electron chi connectivity index (χ1n) is 7.60. The maximum absolute atomic E-state index is 11.8. The molecular formula is C14H22N4O3S. The third-order valence-corrected chi connectivity index (χ3v) is 5.42. The Morgan fingerprint density at radius 1 is 1.23 bits per heavy atom. The number of sulfonamides is 1. The fourth-order valence-corrected chi connectivity index (χ4v) is 4.05. The molecule has 0 radical (unpaired) electrons. The SMILES string of the molecule is Cc1nc(C2CCN2S(C)(=O)=O)cc(N2CCCOCC2)n1. The molecule has 2 aliphatic rings. The average molecular weight is 326 g/mol. The maximum Gasteiger partial charge on any atom is 0.211 e. The van der Waals surface area contributed by atoms with Crippen molar-refractivity contribution in [2.24, 2.45) is 0 Å². The Balaban J connectivity index is 1.87. The van der Waals surface area contributed by atoms with Gasteiger partial charge in [-0.15, -0.1) is 0 Å². The van der Waals surface area contributed by atoms with Gasteiger partial charge >= 0.3 is 0 Å². The predicted octanol–water partition coefficient (Wildman–Crippen LogP) is 0.718. The van der Waals surface area contributed by atoms with E-state index in [1.165, 1.54) is 10.6 Å². The van der Waals surface area contributed by atoms with E-state index in [1.807, 2.05) is 13.0 Å². The molecule has 2 aliphatic heterocycles. The van der Waals surface area contributed by atoms with Gasteiger partial charge in [0.05, 0.1) is 24.6 Å². The first kappa shape index (κ1) is 15.6. The second-order valence-electron chi connectivity index (χ2n) is 5.83. The third-order valence-electron chi connectivity index (χ3n) is 4.13. The molecule has 1 aromatic heterocycles. The molecule has 3 rings (SSSR count). The molecule has 0 aromatic carbocycles. The minimum absolute atomic E-state index is 0.154. The van der Waals surface area contributed by atoms with Gasteiger partial charge in [0, 0.05) is 32.3 Å². The first-order chi connectivity index (χ1) is 10.4. The smallest absolute Gasteiger partial charge is 0.211 e. The highest BCUT2D eigenvalue weighted by Crippen LogP contribution is 2.35. The van der Waals surface area contributed by atoms with Crippen LogP contribution in [-0.4, -0.2) is 61.8 Å². The molecule has 0 amide bonds. The monoisotopic (exact) mass is 326 g/mol. The molecule has 1 unspecified atom stereocenters.